The first-order valence-electron chi connectivity index (χ1n) is 9.58. The summed E-state index contributed by atoms with van der Waals surface area (Å²) in [5.41, 5.74) is 0. The van der Waals surface area contributed by atoms with Gasteiger partial charge < -0.3 is 9.16 Å². The number of hydrogen-bond donors (Lipinski definition) is 0. The van der Waals surface area contributed by atoms with Crippen molar-refractivity contribution in [3.8, 4) is 0 Å². The van der Waals surface area contributed by atoms with Gasteiger partial charge in [0.15, 0.2) is 0 Å². The van der Waals surface area contributed by atoms with Crippen molar-refractivity contribution in [3.05, 3.63) is 86.2 Å². The Bertz CT molecular complexity index is 655. The van der Waals surface area contributed by atoms with E-state index in [2.05, 4.69) is 94.6 Å². The summed E-state index contributed by atoms with van der Waals surface area (Å²) in [4.78, 5) is 0. The molecule has 0 radical (unpaired) electrons. The molecule has 0 aliphatic carbocycles. The Labute approximate surface area is 165 Å². The largest absolute Gasteiger partial charge is 0.498 e. The summed E-state index contributed by atoms with van der Waals surface area (Å²) < 4.78 is 12.5. The molecule has 2 nitrogen and oxygen atoms in total. The first-order valence-corrected chi connectivity index (χ1v) is 11.5. The highest BCUT2D eigenvalue weighted by Gasteiger charge is 2.50. The fourth-order valence-electron chi connectivity index (χ4n) is 3.67. The third-order valence-electron chi connectivity index (χ3n) is 4.89. The standard InChI is InChI=1S/C24H32O2Si/c1-6-14-21(25-7-2)19-20-26-27(24(3,4)5,22-15-10-8-11-16-22)23-17-12-9-13-18-23/h6-13,15-18,21H,1-2,14,19-20H2,3-5H3/t21-/m1/s1. The van der Waals surface area contributed by atoms with E-state index in [1.807, 2.05) is 6.08 Å². The maximum Gasteiger partial charge on any atom is 0.261 e. The van der Waals surface area contributed by atoms with E-state index in [1.54, 1.807) is 0 Å². The zero-order chi connectivity index (χ0) is 19.8. The lowest BCUT2D eigenvalue weighted by Gasteiger charge is -2.43. The van der Waals surface area contributed by atoms with Crippen LogP contribution in [0.2, 0.25) is 5.04 Å². The van der Waals surface area contributed by atoms with Crippen molar-refractivity contribution in [2.24, 2.45) is 0 Å². The summed E-state index contributed by atoms with van der Waals surface area (Å²) in [5, 5.41) is 2.59. The van der Waals surface area contributed by atoms with Crippen LogP contribution in [0.5, 0.6) is 0 Å². The van der Waals surface area contributed by atoms with E-state index >= 15 is 0 Å². The summed E-state index contributed by atoms with van der Waals surface area (Å²) in [7, 11) is -2.47. The quantitative estimate of drug-likeness (QED) is 0.326. The molecule has 2 aromatic carbocycles. The summed E-state index contributed by atoms with van der Waals surface area (Å²) >= 11 is 0. The SMILES string of the molecule is C=CC[C@H](CCO[Si](c1ccccc1)(c1ccccc1)C(C)(C)C)OC=C. The molecule has 0 bridgehead atoms. The van der Waals surface area contributed by atoms with Gasteiger partial charge >= 0.3 is 0 Å². The maximum absolute atomic E-state index is 6.88. The topological polar surface area (TPSA) is 18.5 Å². The molecule has 2 aromatic rings. The highest BCUT2D eigenvalue weighted by molar-refractivity contribution is 6.99. The van der Waals surface area contributed by atoms with Crippen molar-refractivity contribution in [3.63, 3.8) is 0 Å². The molecule has 0 aliphatic heterocycles. The number of hydrogen-bond acceptors (Lipinski definition) is 2. The Morgan fingerprint density at radius 3 is 1.85 bits per heavy atom. The van der Waals surface area contributed by atoms with Gasteiger partial charge in [-0.05, 0) is 15.4 Å². The Hall–Kier alpha value is -2.10. The molecule has 0 fully saturated rings. The Morgan fingerprint density at radius 2 is 1.44 bits per heavy atom. The lowest BCUT2D eigenvalue weighted by molar-refractivity contribution is 0.117. The molecule has 0 saturated heterocycles. The van der Waals surface area contributed by atoms with Crippen LogP contribution in [0.3, 0.4) is 0 Å². The van der Waals surface area contributed by atoms with Gasteiger partial charge in [0.2, 0.25) is 0 Å². The van der Waals surface area contributed by atoms with Gasteiger partial charge in [0.25, 0.3) is 8.32 Å². The van der Waals surface area contributed by atoms with Crippen LogP contribution < -0.4 is 10.4 Å². The molecule has 2 rings (SSSR count). The van der Waals surface area contributed by atoms with Crippen molar-refractivity contribution in [2.45, 2.75) is 44.8 Å². The Kier molecular flexibility index (Phi) is 7.63. The van der Waals surface area contributed by atoms with Crippen molar-refractivity contribution in [1.82, 2.24) is 0 Å². The molecule has 0 heterocycles. The Morgan fingerprint density at radius 1 is 0.926 bits per heavy atom. The second-order valence-electron chi connectivity index (χ2n) is 7.75. The fraction of sp³-hybridized carbons (Fsp3) is 0.333. The predicted octanol–water partition coefficient (Wildman–Crippen LogP) is 5.06. The first kappa shape index (κ1) is 21.2. The smallest absolute Gasteiger partial charge is 0.261 e. The van der Waals surface area contributed by atoms with Crippen molar-refractivity contribution in [2.75, 3.05) is 6.61 Å². The van der Waals surface area contributed by atoms with Crippen LogP contribution in [-0.4, -0.2) is 21.0 Å². The van der Waals surface area contributed by atoms with Crippen molar-refractivity contribution in [1.29, 1.82) is 0 Å². The lowest BCUT2D eigenvalue weighted by atomic mass is 10.2. The van der Waals surface area contributed by atoms with E-state index in [1.165, 1.54) is 16.6 Å². The molecule has 3 heteroatoms. The first-order chi connectivity index (χ1) is 13.0. The van der Waals surface area contributed by atoms with Gasteiger partial charge in [-0.3, -0.25) is 0 Å². The van der Waals surface area contributed by atoms with Crippen LogP contribution >= 0.6 is 0 Å². The second kappa shape index (κ2) is 9.72. The summed E-state index contributed by atoms with van der Waals surface area (Å²) in [6.45, 7) is 15.0. The van der Waals surface area contributed by atoms with Gasteiger partial charge in [-0.15, -0.1) is 6.58 Å². The van der Waals surface area contributed by atoms with Gasteiger partial charge in [0.1, 0.15) is 6.10 Å². The molecule has 0 saturated carbocycles. The van der Waals surface area contributed by atoms with Crippen LogP contribution in [-0.2, 0) is 9.16 Å². The Balaban J connectivity index is 2.40. The molecule has 0 N–H and O–H groups in total. The van der Waals surface area contributed by atoms with Crippen molar-refractivity contribution < 1.29 is 9.16 Å². The number of ether oxygens (including phenoxy) is 1. The predicted molar refractivity (Wildman–Crippen MR) is 118 cm³/mol. The average molecular weight is 381 g/mol. The van der Waals surface area contributed by atoms with Gasteiger partial charge in [-0.25, -0.2) is 0 Å². The van der Waals surface area contributed by atoms with E-state index in [0.717, 1.165) is 12.8 Å². The van der Waals surface area contributed by atoms with E-state index in [9.17, 15) is 0 Å². The molecule has 1 atom stereocenters. The van der Waals surface area contributed by atoms with Gasteiger partial charge in [-0.1, -0.05) is 94.1 Å². The van der Waals surface area contributed by atoms with Crippen LogP contribution in [0.4, 0.5) is 0 Å². The van der Waals surface area contributed by atoms with Crippen LogP contribution in [0.25, 0.3) is 0 Å². The second-order valence-corrected chi connectivity index (χ2v) is 12.1. The summed E-state index contributed by atoms with van der Waals surface area (Å²) in [6, 6.07) is 21.4. The maximum atomic E-state index is 6.88. The monoisotopic (exact) mass is 380 g/mol. The van der Waals surface area contributed by atoms with E-state index in [4.69, 9.17) is 9.16 Å². The molecule has 0 amide bonds. The highest BCUT2D eigenvalue weighted by Crippen LogP contribution is 2.36. The minimum Gasteiger partial charge on any atom is -0.498 e. The molecule has 0 aromatic heterocycles. The van der Waals surface area contributed by atoms with E-state index in [-0.39, 0.29) is 11.1 Å². The highest BCUT2D eigenvalue weighted by atomic mass is 28.4. The lowest BCUT2D eigenvalue weighted by Crippen LogP contribution is -2.66. The third-order valence-corrected chi connectivity index (χ3v) is 9.94. The van der Waals surface area contributed by atoms with Crippen LogP contribution in [0, 0.1) is 0 Å². The molecular weight excluding hydrogens is 348 g/mol. The average Bonchev–Trinajstić information content (AvgIpc) is 2.66. The normalized spacial score (nSPS) is 13.0. The third kappa shape index (κ3) is 4.99. The van der Waals surface area contributed by atoms with Gasteiger partial charge in [0.05, 0.1) is 6.26 Å². The molecule has 27 heavy (non-hydrogen) atoms. The minimum absolute atomic E-state index is 0.0110. The number of benzene rings is 2. The fourth-order valence-corrected chi connectivity index (χ4v) is 8.25. The molecule has 0 aliphatic rings. The van der Waals surface area contributed by atoms with Crippen LogP contribution in [0.15, 0.2) is 86.2 Å². The zero-order valence-corrected chi connectivity index (χ0v) is 17.9. The summed E-state index contributed by atoms with van der Waals surface area (Å²) in [5.74, 6) is 0. The molecule has 0 spiro atoms. The molecule has 144 valence electrons. The molecule has 0 unspecified atom stereocenters. The zero-order valence-electron chi connectivity index (χ0n) is 16.9. The van der Waals surface area contributed by atoms with E-state index < -0.39 is 8.32 Å². The molecular formula is C24H32O2Si. The van der Waals surface area contributed by atoms with Crippen molar-refractivity contribution >= 4 is 18.7 Å². The van der Waals surface area contributed by atoms with E-state index in [0.29, 0.717) is 6.61 Å². The van der Waals surface area contributed by atoms with Gasteiger partial charge in [0, 0.05) is 19.4 Å². The van der Waals surface area contributed by atoms with Crippen LogP contribution in [0.1, 0.15) is 33.6 Å². The minimum atomic E-state index is -2.47. The number of rotatable bonds is 10. The van der Waals surface area contributed by atoms with Gasteiger partial charge in [-0.2, -0.15) is 0 Å². The summed E-state index contributed by atoms with van der Waals surface area (Å²) in [6.07, 6.45) is 5.05.